The molecule has 0 fully saturated rings. The average Bonchev–Trinajstić information content (AvgIpc) is 2.43. The number of ether oxygens (including phenoxy) is 1. The molecular weight excluding hydrogens is 240 g/mol. The topological polar surface area (TPSA) is 64.3 Å². The Balaban J connectivity index is 2.29. The van der Waals surface area contributed by atoms with E-state index in [9.17, 15) is 4.79 Å². The molecule has 0 aromatic heterocycles. The third-order valence-corrected chi connectivity index (χ3v) is 3.77. The minimum atomic E-state index is -0.540. The number of hydrogen-bond donors (Lipinski definition) is 2. The van der Waals surface area contributed by atoms with E-state index in [0.29, 0.717) is 12.5 Å². The van der Waals surface area contributed by atoms with Crippen LogP contribution in [-0.4, -0.2) is 19.1 Å². The molecular formula is C15H22N2O2. The largest absolute Gasteiger partial charge is 0.480 e. The fourth-order valence-electron chi connectivity index (χ4n) is 2.72. The fourth-order valence-corrected chi connectivity index (χ4v) is 2.72. The van der Waals surface area contributed by atoms with Gasteiger partial charge in [-0.25, -0.2) is 0 Å². The number of nitrogens with two attached hydrogens (primary N) is 1. The molecule has 0 aliphatic heterocycles. The van der Waals surface area contributed by atoms with Crippen LogP contribution in [0.1, 0.15) is 43.4 Å². The first-order valence-corrected chi connectivity index (χ1v) is 6.92. The molecule has 1 aliphatic rings. The Kier molecular flexibility index (Phi) is 4.43. The first-order chi connectivity index (χ1) is 9.17. The molecule has 19 heavy (non-hydrogen) atoms. The molecule has 4 nitrogen and oxygen atoms in total. The van der Waals surface area contributed by atoms with Crippen molar-refractivity contribution >= 4 is 5.91 Å². The predicted octanol–water partition coefficient (Wildman–Crippen LogP) is 1.93. The molecule has 1 amide bonds. The van der Waals surface area contributed by atoms with Crippen LogP contribution in [0.5, 0.6) is 5.75 Å². The molecule has 0 saturated heterocycles. The maximum atomic E-state index is 11.3. The summed E-state index contributed by atoms with van der Waals surface area (Å²) >= 11 is 0. The van der Waals surface area contributed by atoms with E-state index in [1.54, 1.807) is 0 Å². The first kappa shape index (κ1) is 13.9. The third-order valence-electron chi connectivity index (χ3n) is 3.77. The van der Waals surface area contributed by atoms with Gasteiger partial charge in [0.1, 0.15) is 5.75 Å². The Morgan fingerprint density at radius 1 is 1.58 bits per heavy atom. The van der Waals surface area contributed by atoms with Crippen LogP contribution in [0.4, 0.5) is 0 Å². The summed E-state index contributed by atoms with van der Waals surface area (Å²) in [5, 5.41) is 3.33. The van der Waals surface area contributed by atoms with Gasteiger partial charge in [-0.05, 0) is 49.9 Å². The Morgan fingerprint density at radius 2 is 2.37 bits per heavy atom. The van der Waals surface area contributed by atoms with Gasteiger partial charge in [0, 0.05) is 6.04 Å². The number of benzene rings is 1. The van der Waals surface area contributed by atoms with E-state index in [0.717, 1.165) is 25.0 Å². The van der Waals surface area contributed by atoms with Gasteiger partial charge < -0.3 is 15.8 Å². The van der Waals surface area contributed by atoms with Gasteiger partial charge >= 0.3 is 0 Å². The Hall–Kier alpha value is -1.55. The fraction of sp³-hybridized carbons (Fsp3) is 0.533. The molecule has 0 spiro atoms. The van der Waals surface area contributed by atoms with E-state index in [1.165, 1.54) is 11.1 Å². The second-order valence-electron chi connectivity index (χ2n) is 4.97. The van der Waals surface area contributed by atoms with Crippen LogP contribution in [0.15, 0.2) is 18.2 Å². The van der Waals surface area contributed by atoms with Gasteiger partial charge in [0.25, 0.3) is 5.91 Å². The molecule has 4 heteroatoms. The van der Waals surface area contributed by atoms with Crippen LogP contribution in [0.25, 0.3) is 0 Å². The highest BCUT2D eigenvalue weighted by molar-refractivity contribution is 5.79. The summed E-state index contributed by atoms with van der Waals surface area (Å²) in [5.41, 5.74) is 7.85. The van der Waals surface area contributed by atoms with Crippen molar-refractivity contribution in [1.29, 1.82) is 0 Å². The lowest BCUT2D eigenvalue weighted by Crippen LogP contribution is -2.33. The molecule has 2 rings (SSSR count). The van der Waals surface area contributed by atoms with Crippen molar-refractivity contribution in [1.82, 2.24) is 5.32 Å². The number of primary amides is 1. The summed E-state index contributed by atoms with van der Waals surface area (Å²) in [6, 6.07) is 6.43. The van der Waals surface area contributed by atoms with Gasteiger partial charge in [0.2, 0.25) is 0 Å². The highest BCUT2D eigenvalue weighted by Gasteiger charge is 2.23. The van der Waals surface area contributed by atoms with E-state index in [-0.39, 0.29) is 0 Å². The van der Waals surface area contributed by atoms with Gasteiger partial charge in [-0.1, -0.05) is 19.1 Å². The van der Waals surface area contributed by atoms with Gasteiger partial charge in [-0.3, -0.25) is 4.79 Å². The molecule has 0 bridgehead atoms. The number of rotatable bonds is 5. The summed E-state index contributed by atoms with van der Waals surface area (Å²) < 4.78 is 5.81. The Bertz CT molecular complexity index is 459. The number of hydrogen-bond acceptors (Lipinski definition) is 3. The van der Waals surface area contributed by atoms with E-state index in [1.807, 2.05) is 26.1 Å². The number of fused-ring (bicyclic) bond motifs is 1. The van der Waals surface area contributed by atoms with E-state index < -0.39 is 12.0 Å². The second kappa shape index (κ2) is 6.06. The Morgan fingerprint density at radius 3 is 3.00 bits per heavy atom. The van der Waals surface area contributed by atoms with Crippen molar-refractivity contribution in [2.45, 2.75) is 44.8 Å². The molecule has 2 atom stereocenters. The smallest absolute Gasteiger partial charge is 0.258 e. The highest BCUT2D eigenvalue weighted by Crippen LogP contribution is 2.35. The molecule has 0 heterocycles. The van der Waals surface area contributed by atoms with Crippen LogP contribution in [0.2, 0.25) is 0 Å². The quantitative estimate of drug-likeness (QED) is 0.852. The molecule has 0 saturated carbocycles. The number of carbonyl (C=O) groups excluding carboxylic acids is 1. The lowest BCUT2D eigenvalue weighted by atomic mass is 9.87. The standard InChI is InChI=1S/C15H22N2O2/c1-3-13(15(16)18)19-14-9-5-6-10-11(14)7-4-8-12(10)17-2/h5-6,9,12-13,17H,3-4,7-8H2,1-2H3,(H2,16,18). The van der Waals surface area contributed by atoms with Gasteiger partial charge in [0.05, 0.1) is 0 Å². The average molecular weight is 262 g/mol. The van der Waals surface area contributed by atoms with Gasteiger partial charge in [0.15, 0.2) is 6.10 Å². The minimum absolute atomic E-state index is 0.376. The van der Waals surface area contributed by atoms with Crippen molar-refractivity contribution in [3.8, 4) is 5.75 Å². The van der Waals surface area contributed by atoms with Gasteiger partial charge in [-0.2, -0.15) is 0 Å². The Labute approximate surface area is 114 Å². The van der Waals surface area contributed by atoms with Crippen LogP contribution < -0.4 is 15.8 Å². The zero-order valence-electron chi connectivity index (χ0n) is 11.6. The third kappa shape index (κ3) is 2.89. The highest BCUT2D eigenvalue weighted by atomic mass is 16.5. The van der Waals surface area contributed by atoms with Crippen molar-refractivity contribution in [2.75, 3.05) is 7.05 Å². The number of amides is 1. The van der Waals surface area contributed by atoms with Crippen LogP contribution >= 0.6 is 0 Å². The molecule has 2 unspecified atom stereocenters. The summed E-state index contributed by atoms with van der Waals surface area (Å²) in [5.74, 6) is 0.407. The van der Waals surface area contributed by atoms with E-state index in [4.69, 9.17) is 10.5 Å². The molecule has 1 aromatic carbocycles. The molecule has 1 aromatic rings. The normalized spacial score (nSPS) is 19.6. The van der Waals surface area contributed by atoms with Crippen molar-refractivity contribution in [2.24, 2.45) is 5.73 Å². The lowest BCUT2D eigenvalue weighted by molar-refractivity contribution is -0.124. The molecule has 104 valence electrons. The summed E-state index contributed by atoms with van der Waals surface area (Å²) in [6.45, 7) is 1.90. The zero-order valence-corrected chi connectivity index (χ0v) is 11.6. The van der Waals surface area contributed by atoms with E-state index in [2.05, 4.69) is 11.4 Å². The molecule has 1 aliphatic carbocycles. The van der Waals surface area contributed by atoms with Crippen molar-refractivity contribution in [3.63, 3.8) is 0 Å². The monoisotopic (exact) mass is 262 g/mol. The van der Waals surface area contributed by atoms with Crippen LogP contribution in [0, 0.1) is 0 Å². The van der Waals surface area contributed by atoms with Gasteiger partial charge in [-0.15, -0.1) is 0 Å². The van der Waals surface area contributed by atoms with Crippen LogP contribution in [-0.2, 0) is 11.2 Å². The summed E-state index contributed by atoms with van der Waals surface area (Å²) in [4.78, 5) is 11.3. The molecule has 3 N–H and O–H groups in total. The molecule has 0 radical (unpaired) electrons. The maximum Gasteiger partial charge on any atom is 0.258 e. The van der Waals surface area contributed by atoms with E-state index >= 15 is 0 Å². The minimum Gasteiger partial charge on any atom is -0.480 e. The maximum absolute atomic E-state index is 11.3. The number of nitrogens with one attached hydrogen (secondary N) is 1. The van der Waals surface area contributed by atoms with Crippen molar-refractivity contribution < 1.29 is 9.53 Å². The lowest BCUT2D eigenvalue weighted by Gasteiger charge is -2.27. The first-order valence-electron chi connectivity index (χ1n) is 6.92. The zero-order chi connectivity index (χ0) is 13.8. The second-order valence-corrected chi connectivity index (χ2v) is 4.97. The summed E-state index contributed by atoms with van der Waals surface area (Å²) in [7, 11) is 1.98. The van der Waals surface area contributed by atoms with Crippen LogP contribution in [0.3, 0.4) is 0 Å². The van der Waals surface area contributed by atoms with Crippen molar-refractivity contribution in [3.05, 3.63) is 29.3 Å². The predicted molar refractivity (Wildman–Crippen MR) is 75.1 cm³/mol. The SMILES string of the molecule is CCC(Oc1cccc2c1CCCC2NC)C(N)=O. The summed E-state index contributed by atoms with van der Waals surface area (Å²) in [6.07, 6.45) is 3.32. The number of carbonyl (C=O) groups is 1.